The van der Waals surface area contributed by atoms with Crippen LogP contribution in [0.15, 0.2) is 36.7 Å². The molecule has 0 saturated carbocycles. The number of hydrogen-bond donors (Lipinski definition) is 3. The molecule has 1 atom stereocenters. The van der Waals surface area contributed by atoms with E-state index in [1.165, 1.54) is 0 Å². The number of nitrogens with zero attached hydrogens (tertiary/aromatic N) is 2. The Balaban J connectivity index is 1.73. The molecule has 1 aromatic carbocycles. The van der Waals surface area contributed by atoms with Gasteiger partial charge in [0.1, 0.15) is 11.3 Å². The summed E-state index contributed by atoms with van der Waals surface area (Å²) >= 11 is 5.94. The van der Waals surface area contributed by atoms with Gasteiger partial charge in [-0.1, -0.05) is 17.7 Å². The predicted octanol–water partition coefficient (Wildman–Crippen LogP) is 2.19. The number of rotatable bonds is 4. The molecule has 2 aromatic heterocycles. The minimum atomic E-state index is -1.20. The van der Waals surface area contributed by atoms with Crippen LogP contribution < -0.4 is 5.32 Å². The molecule has 0 aliphatic heterocycles. The lowest BCUT2D eigenvalue weighted by atomic mass is 10.00. The molecule has 0 aliphatic carbocycles. The second kappa shape index (κ2) is 5.72. The van der Waals surface area contributed by atoms with Gasteiger partial charge in [0.05, 0.1) is 12.7 Å². The maximum atomic E-state index is 12.3. The Labute approximate surface area is 138 Å². The van der Waals surface area contributed by atoms with E-state index < -0.39 is 5.60 Å². The molecule has 1 unspecified atom stereocenters. The van der Waals surface area contributed by atoms with Gasteiger partial charge in [0.2, 0.25) is 0 Å². The standard InChI is InChI=1S/C16H17ClN4O2/c1-16(23,11-7-19-21(2)8-11)9-18-15(22)14-5-10-3-4-12(17)6-13(10)20-14/h3-8,20,23H,9H2,1-2H3,(H,18,22). The third-order valence-corrected chi connectivity index (χ3v) is 3.98. The fraction of sp³-hybridized carbons (Fsp3) is 0.250. The van der Waals surface area contributed by atoms with Gasteiger partial charge in [-0.15, -0.1) is 0 Å². The molecule has 3 aromatic rings. The Morgan fingerprint density at radius 1 is 1.48 bits per heavy atom. The molecule has 0 radical (unpaired) electrons. The van der Waals surface area contributed by atoms with Crippen LogP contribution in [0.4, 0.5) is 0 Å². The highest BCUT2D eigenvalue weighted by Crippen LogP contribution is 2.21. The summed E-state index contributed by atoms with van der Waals surface area (Å²) in [6, 6.07) is 7.13. The van der Waals surface area contributed by atoms with Gasteiger partial charge in [0, 0.05) is 34.7 Å². The number of nitrogens with one attached hydrogen (secondary N) is 2. The number of hydrogen-bond acceptors (Lipinski definition) is 3. The Morgan fingerprint density at radius 2 is 2.26 bits per heavy atom. The molecule has 0 fully saturated rings. The van der Waals surface area contributed by atoms with Gasteiger partial charge >= 0.3 is 0 Å². The normalized spacial score (nSPS) is 13.9. The number of aryl methyl sites for hydroxylation is 1. The van der Waals surface area contributed by atoms with Gasteiger partial charge in [0.25, 0.3) is 5.91 Å². The predicted molar refractivity (Wildman–Crippen MR) is 88.4 cm³/mol. The molecule has 3 rings (SSSR count). The van der Waals surface area contributed by atoms with Crippen LogP contribution in [0.2, 0.25) is 5.02 Å². The van der Waals surface area contributed by atoms with Gasteiger partial charge in [-0.25, -0.2) is 0 Å². The number of aromatic nitrogens is 3. The van der Waals surface area contributed by atoms with Crippen molar-refractivity contribution in [3.63, 3.8) is 0 Å². The molecule has 0 saturated heterocycles. The molecule has 1 amide bonds. The first kappa shape index (κ1) is 15.6. The van der Waals surface area contributed by atoms with Crippen molar-refractivity contribution in [2.45, 2.75) is 12.5 Å². The van der Waals surface area contributed by atoms with Gasteiger partial charge in [-0.2, -0.15) is 5.10 Å². The van der Waals surface area contributed by atoms with Gasteiger partial charge in [-0.3, -0.25) is 9.48 Å². The molecule has 120 valence electrons. The highest BCUT2D eigenvalue weighted by Gasteiger charge is 2.25. The molecular formula is C16H17ClN4O2. The summed E-state index contributed by atoms with van der Waals surface area (Å²) < 4.78 is 1.60. The smallest absolute Gasteiger partial charge is 0.267 e. The van der Waals surface area contributed by atoms with Crippen molar-refractivity contribution in [2.24, 2.45) is 7.05 Å². The second-order valence-electron chi connectivity index (χ2n) is 5.77. The summed E-state index contributed by atoms with van der Waals surface area (Å²) in [6.45, 7) is 1.71. The van der Waals surface area contributed by atoms with Crippen LogP contribution in [-0.4, -0.2) is 32.3 Å². The van der Waals surface area contributed by atoms with Crippen molar-refractivity contribution in [1.82, 2.24) is 20.1 Å². The number of carbonyl (C=O) groups excluding carboxylic acids is 1. The largest absolute Gasteiger partial charge is 0.383 e. The van der Waals surface area contributed by atoms with E-state index in [0.29, 0.717) is 16.3 Å². The fourth-order valence-corrected chi connectivity index (χ4v) is 2.54. The fourth-order valence-electron chi connectivity index (χ4n) is 2.37. The highest BCUT2D eigenvalue weighted by atomic mass is 35.5. The monoisotopic (exact) mass is 332 g/mol. The van der Waals surface area contributed by atoms with Crippen molar-refractivity contribution >= 4 is 28.4 Å². The third kappa shape index (κ3) is 3.23. The van der Waals surface area contributed by atoms with Crippen LogP contribution >= 0.6 is 11.6 Å². The van der Waals surface area contributed by atoms with Crippen LogP contribution in [0.25, 0.3) is 10.9 Å². The number of carbonyl (C=O) groups is 1. The lowest BCUT2D eigenvalue weighted by Crippen LogP contribution is -2.38. The number of H-pyrrole nitrogens is 1. The van der Waals surface area contributed by atoms with Crippen LogP contribution in [0, 0.1) is 0 Å². The first-order chi connectivity index (χ1) is 10.8. The highest BCUT2D eigenvalue weighted by molar-refractivity contribution is 6.31. The lowest BCUT2D eigenvalue weighted by molar-refractivity contribution is 0.0524. The zero-order valence-corrected chi connectivity index (χ0v) is 13.6. The SMILES string of the molecule is Cn1cc(C(C)(O)CNC(=O)c2cc3ccc(Cl)cc3[nH]2)cn1. The maximum absolute atomic E-state index is 12.3. The summed E-state index contributed by atoms with van der Waals surface area (Å²) in [7, 11) is 1.77. The van der Waals surface area contributed by atoms with Crippen LogP contribution in [0.1, 0.15) is 23.0 Å². The minimum Gasteiger partial charge on any atom is -0.383 e. The van der Waals surface area contributed by atoms with E-state index in [1.807, 2.05) is 6.07 Å². The topological polar surface area (TPSA) is 82.9 Å². The maximum Gasteiger partial charge on any atom is 0.267 e. The first-order valence-corrected chi connectivity index (χ1v) is 7.51. The molecule has 6 nitrogen and oxygen atoms in total. The Morgan fingerprint density at radius 3 is 2.96 bits per heavy atom. The van der Waals surface area contributed by atoms with E-state index in [4.69, 9.17) is 11.6 Å². The van der Waals surface area contributed by atoms with E-state index in [0.717, 1.165) is 10.9 Å². The van der Waals surface area contributed by atoms with Crippen LogP contribution in [0.5, 0.6) is 0 Å². The Bertz CT molecular complexity index is 866. The van der Waals surface area contributed by atoms with Crippen molar-refractivity contribution in [1.29, 1.82) is 0 Å². The first-order valence-electron chi connectivity index (χ1n) is 7.13. The quantitative estimate of drug-likeness (QED) is 0.685. The number of fused-ring (bicyclic) bond motifs is 1. The van der Waals surface area contributed by atoms with E-state index in [2.05, 4.69) is 15.4 Å². The number of benzene rings is 1. The lowest BCUT2D eigenvalue weighted by Gasteiger charge is -2.22. The van der Waals surface area contributed by atoms with Gasteiger partial charge in [-0.05, 0) is 25.1 Å². The van der Waals surface area contributed by atoms with Crippen molar-refractivity contribution < 1.29 is 9.90 Å². The van der Waals surface area contributed by atoms with Gasteiger partial charge in [0.15, 0.2) is 0 Å². The molecule has 7 heteroatoms. The molecule has 23 heavy (non-hydrogen) atoms. The van der Waals surface area contributed by atoms with Crippen LogP contribution in [0.3, 0.4) is 0 Å². The van der Waals surface area contributed by atoms with Gasteiger partial charge < -0.3 is 15.4 Å². The Hall–Kier alpha value is -2.31. The van der Waals surface area contributed by atoms with Crippen molar-refractivity contribution in [2.75, 3.05) is 6.54 Å². The second-order valence-corrected chi connectivity index (χ2v) is 6.21. The number of aliphatic hydroxyl groups is 1. The van der Waals surface area contributed by atoms with Crippen molar-refractivity contribution in [3.8, 4) is 0 Å². The summed E-state index contributed by atoms with van der Waals surface area (Å²) in [4.78, 5) is 15.3. The summed E-state index contributed by atoms with van der Waals surface area (Å²) in [5.74, 6) is -0.290. The van der Waals surface area contributed by atoms with Crippen molar-refractivity contribution in [3.05, 3.63) is 52.9 Å². The number of halogens is 1. The third-order valence-electron chi connectivity index (χ3n) is 3.75. The molecule has 0 aliphatic rings. The number of amides is 1. The molecule has 2 heterocycles. The zero-order chi connectivity index (χ0) is 16.6. The summed E-state index contributed by atoms with van der Waals surface area (Å²) in [5, 5.41) is 18.7. The Kier molecular flexibility index (Phi) is 3.87. The number of aromatic amines is 1. The molecule has 3 N–H and O–H groups in total. The van der Waals surface area contributed by atoms with E-state index in [9.17, 15) is 9.90 Å². The molecule has 0 spiro atoms. The molecule has 0 bridgehead atoms. The minimum absolute atomic E-state index is 0.0770. The summed E-state index contributed by atoms with van der Waals surface area (Å²) in [5.41, 5.74) is 0.661. The average Bonchev–Trinajstić information content (AvgIpc) is 3.11. The zero-order valence-electron chi connectivity index (χ0n) is 12.8. The van der Waals surface area contributed by atoms with E-state index >= 15 is 0 Å². The van der Waals surface area contributed by atoms with E-state index in [1.54, 1.807) is 49.2 Å². The summed E-state index contributed by atoms with van der Waals surface area (Å²) in [6.07, 6.45) is 3.30. The molecular weight excluding hydrogens is 316 g/mol. The van der Waals surface area contributed by atoms with Crippen LogP contribution in [-0.2, 0) is 12.6 Å². The van der Waals surface area contributed by atoms with E-state index in [-0.39, 0.29) is 12.5 Å². The average molecular weight is 333 g/mol.